The fourth-order valence-electron chi connectivity index (χ4n) is 1.50. The van der Waals surface area contributed by atoms with Gasteiger partial charge in [0, 0.05) is 17.7 Å². The molecule has 0 aliphatic carbocycles. The average Bonchev–Trinajstić information content (AvgIpc) is 2.61. The molecule has 0 spiro atoms. The van der Waals surface area contributed by atoms with E-state index in [0.29, 0.717) is 16.4 Å². The second kappa shape index (κ2) is 4.94. The van der Waals surface area contributed by atoms with Crippen LogP contribution in [-0.4, -0.2) is 10.5 Å². The number of anilines is 1. The quantitative estimate of drug-likeness (QED) is 0.901. The summed E-state index contributed by atoms with van der Waals surface area (Å²) in [5.41, 5.74) is 1.17. The van der Waals surface area contributed by atoms with Gasteiger partial charge in [0.15, 0.2) is 0 Å². The molecule has 17 heavy (non-hydrogen) atoms. The Balaban J connectivity index is 2.23. The van der Waals surface area contributed by atoms with Gasteiger partial charge in [-0.15, -0.1) is 0 Å². The van der Waals surface area contributed by atoms with Crippen LogP contribution >= 0.6 is 27.5 Å². The van der Waals surface area contributed by atoms with Gasteiger partial charge in [0.05, 0.1) is 10.7 Å². The molecule has 0 atom stereocenters. The second-order valence-corrected chi connectivity index (χ2v) is 4.91. The molecule has 1 aromatic carbocycles. The van der Waals surface area contributed by atoms with Crippen LogP contribution in [0.15, 0.2) is 41.0 Å². The van der Waals surface area contributed by atoms with Crippen LogP contribution in [0.5, 0.6) is 0 Å². The van der Waals surface area contributed by atoms with Crippen LogP contribution in [0.2, 0.25) is 5.02 Å². The van der Waals surface area contributed by atoms with Gasteiger partial charge in [0.2, 0.25) is 0 Å². The number of nitrogens with zero attached hydrogens (tertiary/aromatic N) is 1. The van der Waals surface area contributed by atoms with Crippen molar-refractivity contribution < 1.29 is 4.79 Å². The van der Waals surface area contributed by atoms with Crippen LogP contribution in [0.4, 0.5) is 5.69 Å². The number of rotatable bonds is 2. The maximum absolute atomic E-state index is 12.0. The first-order valence-electron chi connectivity index (χ1n) is 4.95. The number of aromatic nitrogens is 1. The zero-order valence-electron chi connectivity index (χ0n) is 9.08. The highest BCUT2D eigenvalue weighted by atomic mass is 79.9. The molecule has 0 bridgehead atoms. The number of benzene rings is 1. The van der Waals surface area contributed by atoms with E-state index in [1.54, 1.807) is 22.8 Å². The minimum atomic E-state index is -0.189. The number of nitrogens with one attached hydrogen (secondary N) is 1. The molecule has 0 radical (unpaired) electrons. The molecule has 0 saturated heterocycles. The standard InChI is InChI=1S/C12H10BrClN2O/c1-16-7-8(13)6-11(16)12(17)15-10-5-3-2-4-9(10)14/h2-7H,1H3,(H,15,17). The van der Waals surface area contributed by atoms with E-state index in [-0.39, 0.29) is 5.91 Å². The number of carbonyl (C=O) groups excluding carboxylic acids is 1. The number of hydrogen-bond donors (Lipinski definition) is 1. The molecule has 3 nitrogen and oxygen atoms in total. The lowest BCUT2D eigenvalue weighted by Crippen LogP contribution is -2.15. The minimum Gasteiger partial charge on any atom is -0.345 e. The van der Waals surface area contributed by atoms with Gasteiger partial charge in [-0.3, -0.25) is 4.79 Å². The summed E-state index contributed by atoms with van der Waals surface area (Å²) >= 11 is 9.29. The average molecular weight is 314 g/mol. The molecule has 0 fully saturated rings. The Morgan fingerprint density at radius 1 is 1.41 bits per heavy atom. The predicted molar refractivity (Wildman–Crippen MR) is 72.5 cm³/mol. The highest BCUT2D eigenvalue weighted by Gasteiger charge is 2.12. The van der Waals surface area contributed by atoms with Crippen molar-refractivity contribution in [2.24, 2.45) is 7.05 Å². The smallest absolute Gasteiger partial charge is 0.272 e. The molecular weight excluding hydrogens is 304 g/mol. The van der Waals surface area contributed by atoms with Crippen LogP contribution in [0, 0.1) is 0 Å². The Kier molecular flexibility index (Phi) is 3.54. The summed E-state index contributed by atoms with van der Waals surface area (Å²) in [6.45, 7) is 0. The Labute approximate surface area is 113 Å². The van der Waals surface area contributed by atoms with Gasteiger partial charge in [-0.1, -0.05) is 23.7 Å². The van der Waals surface area contributed by atoms with E-state index in [2.05, 4.69) is 21.2 Å². The summed E-state index contributed by atoms with van der Waals surface area (Å²) in [6, 6.07) is 8.89. The van der Waals surface area contributed by atoms with Crippen LogP contribution in [0.3, 0.4) is 0 Å². The SMILES string of the molecule is Cn1cc(Br)cc1C(=O)Nc1ccccc1Cl. The molecule has 1 N–H and O–H groups in total. The van der Waals surface area contributed by atoms with Gasteiger partial charge < -0.3 is 9.88 Å². The number of amides is 1. The highest BCUT2D eigenvalue weighted by molar-refractivity contribution is 9.10. The third-order valence-electron chi connectivity index (χ3n) is 2.33. The van der Waals surface area contributed by atoms with E-state index in [0.717, 1.165) is 4.47 Å². The first kappa shape index (κ1) is 12.2. The molecule has 0 aliphatic heterocycles. The van der Waals surface area contributed by atoms with Crippen molar-refractivity contribution in [1.29, 1.82) is 0 Å². The van der Waals surface area contributed by atoms with E-state index in [9.17, 15) is 4.79 Å². The van der Waals surface area contributed by atoms with Crippen molar-refractivity contribution in [3.63, 3.8) is 0 Å². The van der Waals surface area contributed by atoms with E-state index >= 15 is 0 Å². The van der Waals surface area contributed by atoms with Crippen LogP contribution in [0.25, 0.3) is 0 Å². The summed E-state index contributed by atoms with van der Waals surface area (Å²) in [6.07, 6.45) is 1.82. The monoisotopic (exact) mass is 312 g/mol. The molecule has 5 heteroatoms. The van der Waals surface area contributed by atoms with E-state index in [4.69, 9.17) is 11.6 Å². The number of halogens is 2. The van der Waals surface area contributed by atoms with E-state index in [1.807, 2.05) is 25.4 Å². The van der Waals surface area contributed by atoms with Gasteiger partial charge in [-0.05, 0) is 34.1 Å². The summed E-state index contributed by atoms with van der Waals surface area (Å²) in [5.74, 6) is -0.189. The Morgan fingerprint density at radius 2 is 2.12 bits per heavy atom. The molecule has 1 heterocycles. The van der Waals surface area contributed by atoms with Gasteiger partial charge in [-0.25, -0.2) is 0 Å². The van der Waals surface area contributed by atoms with Crippen molar-refractivity contribution >= 4 is 39.1 Å². The molecule has 0 saturated carbocycles. The molecule has 2 aromatic rings. The molecule has 88 valence electrons. The Hall–Kier alpha value is -1.26. The number of aryl methyl sites for hydroxylation is 1. The van der Waals surface area contributed by atoms with Crippen LogP contribution in [0.1, 0.15) is 10.5 Å². The lowest BCUT2D eigenvalue weighted by Gasteiger charge is -2.07. The number of carbonyl (C=O) groups is 1. The zero-order chi connectivity index (χ0) is 12.4. The summed E-state index contributed by atoms with van der Waals surface area (Å²) in [5, 5.41) is 3.29. The molecule has 2 rings (SSSR count). The summed E-state index contributed by atoms with van der Waals surface area (Å²) in [4.78, 5) is 12.0. The summed E-state index contributed by atoms with van der Waals surface area (Å²) < 4.78 is 2.61. The fraction of sp³-hybridized carbons (Fsp3) is 0.0833. The van der Waals surface area contributed by atoms with Gasteiger partial charge >= 0.3 is 0 Å². The Bertz CT molecular complexity index is 565. The lowest BCUT2D eigenvalue weighted by molar-refractivity contribution is 0.101. The third kappa shape index (κ3) is 2.70. The number of para-hydroxylation sites is 1. The second-order valence-electron chi connectivity index (χ2n) is 3.59. The van der Waals surface area contributed by atoms with E-state index in [1.165, 1.54) is 0 Å². The van der Waals surface area contributed by atoms with Crippen molar-refractivity contribution in [2.45, 2.75) is 0 Å². The molecule has 1 amide bonds. The van der Waals surface area contributed by atoms with Crippen LogP contribution in [-0.2, 0) is 7.05 Å². The van der Waals surface area contributed by atoms with Gasteiger partial charge in [-0.2, -0.15) is 0 Å². The molecule has 0 unspecified atom stereocenters. The van der Waals surface area contributed by atoms with Gasteiger partial charge in [0.25, 0.3) is 5.91 Å². The third-order valence-corrected chi connectivity index (χ3v) is 3.09. The van der Waals surface area contributed by atoms with Crippen molar-refractivity contribution in [3.8, 4) is 0 Å². The summed E-state index contributed by atoms with van der Waals surface area (Å²) in [7, 11) is 1.81. The first-order valence-corrected chi connectivity index (χ1v) is 6.13. The first-order chi connectivity index (χ1) is 8.08. The molecule has 0 aliphatic rings. The van der Waals surface area contributed by atoms with Crippen molar-refractivity contribution in [3.05, 3.63) is 51.7 Å². The largest absolute Gasteiger partial charge is 0.345 e. The lowest BCUT2D eigenvalue weighted by atomic mass is 10.3. The molecular formula is C12H10BrClN2O. The van der Waals surface area contributed by atoms with Gasteiger partial charge in [0.1, 0.15) is 5.69 Å². The molecule has 1 aromatic heterocycles. The van der Waals surface area contributed by atoms with Crippen molar-refractivity contribution in [1.82, 2.24) is 4.57 Å². The number of hydrogen-bond acceptors (Lipinski definition) is 1. The van der Waals surface area contributed by atoms with Crippen molar-refractivity contribution in [2.75, 3.05) is 5.32 Å². The van der Waals surface area contributed by atoms with Crippen LogP contribution < -0.4 is 5.32 Å². The minimum absolute atomic E-state index is 0.189. The highest BCUT2D eigenvalue weighted by Crippen LogP contribution is 2.22. The Morgan fingerprint density at radius 3 is 2.71 bits per heavy atom. The predicted octanol–water partition coefficient (Wildman–Crippen LogP) is 3.69. The van der Waals surface area contributed by atoms with E-state index < -0.39 is 0 Å². The maximum atomic E-state index is 12.0. The normalized spacial score (nSPS) is 10.3. The maximum Gasteiger partial charge on any atom is 0.272 e. The topological polar surface area (TPSA) is 34.0 Å². The zero-order valence-corrected chi connectivity index (χ0v) is 11.4. The fourth-order valence-corrected chi connectivity index (χ4v) is 2.21.